The van der Waals surface area contributed by atoms with E-state index in [1.165, 1.54) is 0 Å². The van der Waals surface area contributed by atoms with Gasteiger partial charge in [-0.2, -0.15) is 0 Å². The van der Waals surface area contributed by atoms with E-state index in [-0.39, 0.29) is 0 Å². The predicted molar refractivity (Wildman–Crippen MR) is 61.9 cm³/mol. The third kappa shape index (κ3) is 3.01. The maximum absolute atomic E-state index is 10.7. The van der Waals surface area contributed by atoms with E-state index in [0.29, 0.717) is 5.56 Å². The van der Waals surface area contributed by atoms with E-state index in [1.807, 2.05) is 19.1 Å². The summed E-state index contributed by atoms with van der Waals surface area (Å²) in [6.07, 6.45) is 1.64. The third-order valence-corrected chi connectivity index (χ3v) is 2.17. The lowest BCUT2D eigenvalue weighted by molar-refractivity contribution is 0.112. The number of carbonyl (C=O) groups excluding carboxylic acids is 1. The Morgan fingerprint density at radius 1 is 1.50 bits per heavy atom. The molecule has 0 unspecified atom stereocenters. The Labute approximate surface area is 92.6 Å². The van der Waals surface area contributed by atoms with Crippen LogP contribution in [0.15, 0.2) is 18.2 Å². The first-order valence-corrected chi connectivity index (χ1v) is 5.50. The van der Waals surface area contributed by atoms with Crippen LogP contribution in [0.3, 0.4) is 0 Å². The van der Waals surface area contributed by atoms with Crippen LogP contribution in [0.2, 0.25) is 0 Å². The van der Waals surface area contributed by atoms with Crippen LogP contribution < -0.4 is 0 Å². The number of alkyl halides is 1. The topological polar surface area (TPSA) is 17.1 Å². The number of aryl methyl sites for hydroxylation is 1. The number of halogens is 1. The summed E-state index contributed by atoms with van der Waals surface area (Å²) in [5.74, 6) is 5.99. The van der Waals surface area contributed by atoms with Gasteiger partial charge in [0.2, 0.25) is 0 Å². The fourth-order valence-electron chi connectivity index (χ4n) is 1.09. The summed E-state index contributed by atoms with van der Waals surface area (Å²) >= 11 is 3.30. The number of hydrogen-bond donors (Lipinski definition) is 0. The molecule has 0 radical (unpaired) electrons. The lowest BCUT2D eigenvalue weighted by atomic mass is 10.1. The van der Waals surface area contributed by atoms with Crippen molar-refractivity contribution < 1.29 is 4.79 Å². The van der Waals surface area contributed by atoms with Gasteiger partial charge in [0.25, 0.3) is 0 Å². The molecule has 14 heavy (non-hydrogen) atoms. The molecule has 1 aromatic rings. The highest BCUT2D eigenvalue weighted by Crippen LogP contribution is 2.08. The Kier molecular flexibility index (Phi) is 4.42. The van der Waals surface area contributed by atoms with Crippen molar-refractivity contribution in [3.63, 3.8) is 0 Å². The average Bonchev–Trinajstić information content (AvgIpc) is 2.19. The zero-order chi connectivity index (χ0) is 10.4. The van der Waals surface area contributed by atoms with Gasteiger partial charge in [0.05, 0.1) is 0 Å². The van der Waals surface area contributed by atoms with Gasteiger partial charge in [-0.1, -0.05) is 39.9 Å². The van der Waals surface area contributed by atoms with Crippen LogP contribution in [0.4, 0.5) is 0 Å². The number of benzene rings is 1. The Morgan fingerprint density at radius 3 is 2.93 bits per heavy atom. The van der Waals surface area contributed by atoms with Gasteiger partial charge in [-0.05, 0) is 18.6 Å². The maximum atomic E-state index is 10.7. The highest BCUT2D eigenvalue weighted by molar-refractivity contribution is 9.09. The van der Waals surface area contributed by atoms with Crippen molar-refractivity contribution in [2.45, 2.75) is 13.3 Å². The van der Waals surface area contributed by atoms with E-state index in [1.54, 1.807) is 6.07 Å². The van der Waals surface area contributed by atoms with E-state index < -0.39 is 0 Å². The summed E-state index contributed by atoms with van der Waals surface area (Å²) in [4.78, 5) is 10.7. The standard InChI is InChI=1S/C12H11BrO/c1-10-5-6-12(9-14)11(8-10)4-2-3-7-13/h5-6,8-9H,3,7H2,1H3. The molecular weight excluding hydrogens is 240 g/mol. The third-order valence-electron chi connectivity index (χ3n) is 1.78. The molecule has 2 heteroatoms. The molecule has 0 aromatic heterocycles. The highest BCUT2D eigenvalue weighted by Gasteiger charge is 1.97. The van der Waals surface area contributed by atoms with Gasteiger partial charge < -0.3 is 0 Å². The van der Waals surface area contributed by atoms with Gasteiger partial charge >= 0.3 is 0 Å². The normalized spacial score (nSPS) is 9.00. The van der Waals surface area contributed by atoms with Crippen LogP contribution in [-0.2, 0) is 0 Å². The summed E-state index contributed by atoms with van der Waals surface area (Å²) in [5, 5.41) is 0.863. The average molecular weight is 251 g/mol. The first kappa shape index (κ1) is 11.0. The molecule has 0 aliphatic heterocycles. The second-order valence-corrected chi connectivity index (χ2v) is 3.74. The fraction of sp³-hybridized carbons (Fsp3) is 0.250. The zero-order valence-corrected chi connectivity index (χ0v) is 9.60. The quantitative estimate of drug-likeness (QED) is 0.448. The summed E-state index contributed by atoms with van der Waals surface area (Å²) in [5.41, 5.74) is 2.61. The lowest BCUT2D eigenvalue weighted by Gasteiger charge is -1.97. The molecular formula is C12H11BrO. The largest absolute Gasteiger partial charge is 0.298 e. The molecule has 0 aliphatic carbocycles. The molecule has 72 valence electrons. The maximum Gasteiger partial charge on any atom is 0.151 e. The van der Waals surface area contributed by atoms with Gasteiger partial charge in [-0.15, -0.1) is 0 Å². The molecule has 0 fully saturated rings. The number of rotatable bonds is 2. The van der Waals surface area contributed by atoms with Crippen molar-refractivity contribution >= 4 is 22.2 Å². The first-order chi connectivity index (χ1) is 6.77. The Bertz CT molecular complexity index is 385. The minimum Gasteiger partial charge on any atom is -0.298 e. The van der Waals surface area contributed by atoms with Gasteiger partial charge in [0.1, 0.15) is 0 Å². The van der Waals surface area contributed by atoms with Crippen LogP contribution in [0.5, 0.6) is 0 Å². The van der Waals surface area contributed by atoms with Crippen LogP contribution in [-0.4, -0.2) is 11.6 Å². The Balaban J connectivity index is 3.00. The molecule has 1 aromatic carbocycles. The molecule has 1 rings (SSSR count). The van der Waals surface area contributed by atoms with Crippen LogP contribution in [0.25, 0.3) is 0 Å². The second-order valence-electron chi connectivity index (χ2n) is 2.95. The van der Waals surface area contributed by atoms with Gasteiger partial charge in [-0.3, -0.25) is 4.79 Å². The number of hydrogen-bond acceptors (Lipinski definition) is 1. The molecule has 0 atom stereocenters. The first-order valence-electron chi connectivity index (χ1n) is 4.38. The smallest absolute Gasteiger partial charge is 0.151 e. The molecule has 0 saturated carbocycles. The van der Waals surface area contributed by atoms with E-state index in [0.717, 1.165) is 29.2 Å². The number of carbonyl (C=O) groups is 1. The minimum atomic E-state index is 0.665. The highest BCUT2D eigenvalue weighted by atomic mass is 79.9. The molecule has 0 amide bonds. The Morgan fingerprint density at radius 2 is 2.29 bits per heavy atom. The van der Waals surface area contributed by atoms with E-state index in [4.69, 9.17) is 0 Å². The Hall–Kier alpha value is -1.07. The van der Waals surface area contributed by atoms with Gasteiger partial charge in [-0.25, -0.2) is 0 Å². The summed E-state index contributed by atoms with van der Waals surface area (Å²) < 4.78 is 0. The number of aldehydes is 1. The molecule has 0 heterocycles. The minimum absolute atomic E-state index is 0.665. The van der Waals surface area contributed by atoms with Crippen molar-refractivity contribution in [1.82, 2.24) is 0 Å². The summed E-state index contributed by atoms with van der Waals surface area (Å²) in [6, 6.07) is 5.66. The lowest BCUT2D eigenvalue weighted by Crippen LogP contribution is -1.88. The SMILES string of the molecule is Cc1ccc(C=O)c(C#CCCBr)c1. The van der Waals surface area contributed by atoms with Gasteiger partial charge in [0.15, 0.2) is 6.29 Å². The van der Waals surface area contributed by atoms with Crippen LogP contribution in [0, 0.1) is 18.8 Å². The van der Waals surface area contributed by atoms with Crippen LogP contribution in [0.1, 0.15) is 27.9 Å². The molecule has 0 spiro atoms. The van der Waals surface area contributed by atoms with Crippen molar-refractivity contribution in [1.29, 1.82) is 0 Å². The second kappa shape index (κ2) is 5.62. The van der Waals surface area contributed by atoms with Crippen molar-refractivity contribution in [3.8, 4) is 11.8 Å². The van der Waals surface area contributed by atoms with Crippen molar-refractivity contribution in [3.05, 3.63) is 34.9 Å². The summed E-state index contributed by atoms with van der Waals surface area (Å²) in [7, 11) is 0. The molecule has 0 bridgehead atoms. The predicted octanol–water partition coefficient (Wildman–Crippen LogP) is 2.94. The van der Waals surface area contributed by atoms with E-state index in [9.17, 15) is 4.79 Å². The molecule has 0 aliphatic rings. The molecule has 0 saturated heterocycles. The van der Waals surface area contributed by atoms with Crippen molar-refractivity contribution in [2.75, 3.05) is 5.33 Å². The summed E-state index contributed by atoms with van der Waals surface area (Å²) in [6.45, 7) is 1.99. The van der Waals surface area contributed by atoms with E-state index >= 15 is 0 Å². The fourth-order valence-corrected chi connectivity index (χ4v) is 1.28. The molecule has 1 nitrogen and oxygen atoms in total. The molecule has 0 N–H and O–H groups in total. The van der Waals surface area contributed by atoms with Crippen LogP contribution >= 0.6 is 15.9 Å². The van der Waals surface area contributed by atoms with Crippen molar-refractivity contribution in [2.24, 2.45) is 0 Å². The van der Waals surface area contributed by atoms with E-state index in [2.05, 4.69) is 27.8 Å². The van der Waals surface area contributed by atoms with Gasteiger partial charge in [0, 0.05) is 22.9 Å². The monoisotopic (exact) mass is 250 g/mol. The zero-order valence-electron chi connectivity index (χ0n) is 8.01.